The van der Waals surface area contributed by atoms with Gasteiger partial charge in [-0.2, -0.15) is 5.10 Å². The first-order valence-electron chi connectivity index (χ1n) is 9.77. The maximum absolute atomic E-state index is 13.1. The van der Waals surface area contributed by atoms with Crippen molar-refractivity contribution >= 4 is 28.7 Å². The van der Waals surface area contributed by atoms with Gasteiger partial charge < -0.3 is 10.1 Å². The fraction of sp³-hybridized carbons (Fsp3) is 0.400. The van der Waals surface area contributed by atoms with Crippen molar-refractivity contribution in [2.45, 2.75) is 36.6 Å². The number of amides is 1. The number of carbonyl (C=O) groups excluding carboxylic acids is 1. The lowest BCUT2D eigenvalue weighted by atomic mass is 10.2. The van der Waals surface area contributed by atoms with Crippen LogP contribution in [0, 0.1) is 0 Å². The molecule has 2 aliphatic heterocycles. The average molecular weight is 411 g/mol. The summed E-state index contributed by atoms with van der Waals surface area (Å²) >= 11 is 1.50. The van der Waals surface area contributed by atoms with E-state index in [0.717, 1.165) is 25.1 Å². The van der Waals surface area contributed by atoms with Gasteiger partial charge in [-0.05, 0) is 25.0 Å². The number of aromatic nitrogens is 4. The molecule has 2 atom stereocenters. The maximum Gasteiger partial charge on any atom is 0.265 e. The third-order valence-corrected chi connectivity index (χ3v) is 6.44. The predicted octanol–water partition coefficient (Wildman–Crippen LogP) is 1.91. The van der Waals surface area contributed by atoms with Gasteiger partial charge in [0.2, 0.25) is 5.91 Å². The highest BCUT2D eigenvalue weighted by Crippen LogP contribution is 2.33. The highest BCUT2D eigenvalue weighted by Gasteiger charge is 2.30. The van der Waals surface area contributed by atoms with E-state index in [1.165, 1.54) is 11.8 Å². The summed E-state index contributed by atoms with van der Waals surface area (Å²) in [5.41, 5.74) is 1.25. The minimum atomic E-state index is -0.205. The van der Waals surface area contributed by atoms with Crippen LogP contribution in [-0.4, -0.2) is 50.2 Å². The zero-order chi connectivity index (χ0) is 19.8. The Morgan fingerprint density at radius 2 is 2.17 bits per heavy atom. The molecule has 4 heterocycles. The number of para-hydroxylation sites is 1. The van der Waals surface area contributed by atoms with Gasteiger partial charge in [-0.15, -0.1) is 0 Å². The van der Waals surface area contributed by atoms with Gasteiger partial charge >= 0.3 is 0 Å². The number of carbonyl (C=O) groups is 1. The van der Waals surface area contributed by atoms with E-state index in [0.29, 0.717) is 28.5 Å². The van der Waals surface area contributed by atoms with Crippen LogP contribution in [-0.2, 0) is 9.53 Å². The maximum atomic E-state index is 13.1. The minimum absolute atomic E-state index is 0.0640. The number of thioether (sulfide) groups is 1. The average Bonchev–Trinajstić information content (AvgIpc) is 3.48. The second-order valence-electron chi connectivity index (χ2n) is 7.31. The summed E-state index contributed by atoms with van der Waals surface area (Å²) in [6, 6.07) is 9.41. The molecule has 1 aromatic carbocycles. The van der Waals surface area contributed by atoms with Crippen LogP contribution in [0.3, 0.4) is 0 Å². The predicted molar refractivity (Wildman–Crippen MR) is 109 cm³/mol. The van der Waals surface area contributed by atoms with Crippen LogP contribution in [0.25, 0.3) is 16.7 Å². The van der Waals surface area contributed by atoms with Crippen LogP contribution in [0.5, 0.6) is 0 Å². The zero-order valence-corrected chi connectivity index (χ0v) is 16.6. The van der Waals surface area contributed by atoms with E-state index >= 15 is 0 Å². The van der Waals surface area contributed by atoms with Crippen LogP contribution >= 0.6 is 11.8 Å². The van der Waals surface area contributed by atoms with E-state index in [1.54, 1.807) is 15.4 Å². The Morgan fingerprint density at radius 3 is 2.97 bits per heavy atom. The van der Waals surface area contributed by atoms with Crippen LogP contribution in [0.15, 0.2) is 46.5 Å². The van der Waals surface area contributed by atoms with E-state index < -0.39 is 0 Å². The fourth-order valence-corrected chi connectivity index (χ4v) is 4.99. The minimum Gasteiger partial charge on any atom is -0.376 e. The van der Waals surface area contributed by atoms with Gasteiger partial charge in [0.05, 0.1) is 24.0 Å². The third kappa shape index (κ3) is 3.44. The molecule has 1 amide bonds. The highest BCUT2D eigenvalue weighted by atomic mass is 32.2. The summed E-state index contributed by atoms with van der Waals surface area (Å²) in [5.74, 6) is 0.590. The quantitative estimate of drug-likeness (QED) is 0.645. The van der Waals surface area contributed by atoms with Crippen molar-refractivity contribution in [1.29, 1.82) is 0 Å². The summed E-state index contributed by atoms with van der Waals surface area (Å²) in [5, 5.41) is 8.40. The molecule has 0 saturated carbocycles. The Labute approximate surface area is 171 Å². The monoisotopic (exact) mass is 411 g/mol. The molecule has 150 valence electrons. The van der Waals surface area contributed by atoms with Crippen LogP contribution in [0.4, 0.5) is 0 Å². The summed E-state index contributed by atoms with van der Waals surface area (Å²) in [6.45, 7) is 1.29. The first-order valence-corrected chi connectivity index (χ1v) is 10.8. The summed E-state index contributed by atoms with van der Waals surface area (Å²) in [4.78, 5) is 30.2. The Kier molecular flexibility index (Phi) is 4.84. The summed E-state index contributed by atoms with van der Waals surface area (Å²) < 4.78 is 8.87. The molecular formula is C20H21N5O3S. The largest absolute Gasteiger partial charge is 0.376 e. The number of rotatable bonds is 5. The molecule has 0 radical (unpaired) electrons. The normalized spacial score (nSPS) is 20.8. The van der Waals surface area contributed by atoms with Crippen molar-refractivity contribution in [1.82, 2.24) is 24.6 Å². The molecule has 2 aliphatic rings. The number of benzene rings is 1. The molecule has 0 bridgehead atoms. The molecule has 2 aromatic heterocycles. The fourth-order valence-electron chi connectivity index (χ4n) is 3.86. The molecule has 8 nitrogen and oxygen atoms in total. The topological polar surface area (TPSA) is 91.0 Å². The summed E-state index contributed by atoms with van der Waals surface area (Å²) in [6.07, 6.45) is 3.95. The molecule has 0 unspecified atom stereocenters. The lowest BCUT2D eigenvalue weighted by Gasteiger charge is -2.15. The second kappa shape index (κ2) is 7.64. The molecular weight excluding hydrogens is 390 g/mol. The molecule has 1 N–H and O–H groups in total. The Hall–Kier alpha value is -2.65. The van der Waals surface area contributed by atoms with Crippen molar-refractivity contribution in [3.63, 3.8) is 0 Å². The second-order valence-corrected chi connectivity index (χ2v) is 8.29. The molecule has 5 rings (SSSR count). The lowest BCUT2D eigenvalue weighted by Crippen LogP contribution is -2.34. The van der Waals surface area contributed by atoms with Crippen LogP contribution in [0.1, 0.15) is 25.3 Å². The van der Waals surface area contributed by atoms with Crippen molar-refractivity contribution in [3.8, 4) is 5.69 Å². The van der Waals surface area contributed by atoms with E-state index in [1.807, 2.05) is 30.3 Å². The number of ether oxygens (including phenoxy) is 1. The van der Waals surface area contributed by atoms with Crippen molar-refractivity contribution in [2.75, 3.05) is 18.9 Å². The molecule has 0 aliphatic carbocycles. The Balaban J connectivity index is 1.39. The first kappa shape index (κ1) is 18.4. The molecule has 3 aromatic rings. The van der Waals surface area contributed by atoms with Gasteiger partial charge in [0.25, 0.3) is 5.56 Å². The number of hydrogen-bond donors (Lipinski definition) is 1. The first-order chi connectivity index (χ1) is 14.2. The number of hydrogen-bond acceptors (Lipinski definition) is 6. The van der Waals surface area contributed by atoms with Crippen molar-refractivity contribution in [2.24, 2.45) is 0 Å². The van der Waals surface area contributed by atoms with Gasteiger partial charge in [-0.1, -0.05) is 30.0 Å². The molecule has 29 heavy (non-hydrogen) atoms. The van der Waals surface area contributed by atoms with E-state index in [9.17, 15) is 9.59 Å². The van der Waals surface area contributed by atoms with E-state index in [4.69, 9.17) is 9.72 Å². The summed E-state index contributed by atoms with van der Waals surface area (Å²) in [7, 11) is 0. The Bertz CT molecular complexity index is 1100. The lowest BCUT2D eigenvalue weighted by molar-refractivity contribution is -0.122. The van der Waals surface area contributed by atoms with Crippen molar-refractivity contribution < 1.29 is 9.53 Å². The van der Waals surface area contributed by atoms with Gasteiger partial charge in [0, 0.05) is 25.3 Å². The van der Waals surface area contributed by atoms with E-state index in [2.05, 4.69) is 10.4 Å². The standard InChI is InChI=1S/C20H21N5O3S/c26-17(21-10-15-7-4-8-28-15)9-14-12-29-20-23-18-16(19(27)24(14)20)11-22-25(18)13-5-2-1-3-6-13/h1-3,5-6,11,14-15H,4,7-10,12H2,(H,21,26)/t14-,15+/m1/s1. The van der Waals surface area contributed by atoms with Gasteiger partial charge in [-0.25, -0.2) is 9.67 Å². The smallest absolute Gasteiger partial charge is 0.265 e. The van der Waals surface area contributed by atoms with Crippen LogP contribution < -0.4 is 10.9 Å². The zero-order valence-electron chi connectivity index (χ0n) is 15.8. The molecule has 1 saturated heterocycles. The van der Waals surface area contributed by atoms with Gasteiger partial charge in [-0.3, -0.25) is 14.2 Å². The van der Waals surface area contributed by atoms with Crippen molar-refractivity contribution in [3.05, 3.63) is 46.9 Å². The van der Waals surface area contributed by atoms with Crippen LogP contribution in [0.2, 0.25) is 0 Å². The van der Waals surface area contributed by atoms with E-state index in [-0.39, 0.29) is 30.0 Å². The third-order valence-electron chi connectivity index (χ3n) is 5.34. The Morgan fingerprint density at radius 1 is 1.31 bits per heavy atom. The molecule has 9 heteroatoms. The van der Waals surface area contributed by atoms with Gasteiger partial charge in [0.15, 0.2) is 10.8 Å². The molecule has 0 spiro atoms. The number of fused-ring (bicyclic) bond motifs is 2. The number of nitrogens with zero attached hydrogens (tertiary/aromatic N) is 4. The molecule has 1 fully saturated rings. The SMILES string of the molecule is O=C(C[C@@H]1CSc2nc3c(cnn3-c3ccccc3)c(=O)n21)NC[C@@H]1CCCO1. The van der Waals surface area contributed by atoms with Gasteiger partial charge in [0.1, 0.15) is 5.39 Å². The number of nitrogens with one attached hydrogen (secondary N) is 1. The highest BCUT2D eigenvalue weighted by molar-refractivity contribution is 7.99.